The fourth-order valence-electron chi connectivity index (χ4n) is 1.25. The highest BCUT2D eigenvalue weighted by Gasteiger charge is 2.20. The van der Waals surface area contributed by atoms with Crippen LogP contribution in [0, 0.1) is 0 Å². The number of allylic oxidation sites excluding steroid dienone is 1. The van der Waals surface area contributed by atoms with Crippen molar-refractivity contribution in [1.82, 2.24) is 0 Å². The van der Waals surface area contributed by atoms with Crippen molar-refractivity contribution in [2.24, 2.45) is 0 Å². The van der Waals surface area contributed by atoms with Crippen LogP contribution in [0.5, 0.6) is 0 Å². The molecule has 0 heterocycles. The zero-order valence-corrected chi connectivity index (χ0v) is 12.0. The average molecular weight is 303 g/mol. The first-order valence-electron chi connectivity index (χ1n) is 4.95. The molecule has 0 amide bonds. The van der Waals surface area contributed by atoms with Gasteiger partial charge < -0.3 is 0 Å². The van der Waals surface area contributed by atoms with Gasteiger partial charge in [0.25, 0.3) is 0 Å². The average Bonchev–Trinajstić information content (AvgIpc) is 2.16. The Morgan fingerprint density at radius 2 is 1.88 bits per heavy atom. The van der Waals surface area contributed by atoms with Gasteiger partial charge >= 0.3 is 0 Å². The molecule has 0 aliphatic heterocycles. The smallest absolute Gasteiger partial charge is 0.180 e. The molecule has 2 nitrogen and oxygen atoms in total. The molecule has 0 aliphatic rings. The van der Waals surface area contributed by atoms with E-state index >= 15 is 0 Å². The number of sulfone groups is 1. The van der Waals surface area contributed by atoms with E-state index in [0.29, 0.717) is 4.90 Å². The number of hydrogen-bond acceptors (Lipinski definition) is 2. The minimum Gasteiger partial charge on any atom is -0.223 e. The Labute approximate surface area is 105 Å². The number of benzene rings is 1. The van der Waals surface area contributed by atoms with Crippen LogP contribution in [0.3, 0.4) is 0 Å². The monoisotopic (exact) mass is 302 g/mol. The minimum atomic E-state index is -3.23. The number of halogens is 1. The highest BCUT2D eigenvalue weighted by molar-refractivity contribution is 9.10. The van der Waals surface area contributed by atoms with Gasteiger partial charge in [0.1, 0.15) is 0 Å². The van der Waals surface area contributed by atoms with Crippen molar-refractivity contribution in [2.45, 2.75) is 30.9 Å². The molecular formula is C12H15BrO2S. The van der Waals surface area contributed by atoms with Gasteiger partial charge in [-0.15, -0.1) is 0 Å². The molecule has 1 aromatic rings. The first kappa shape index (κ1) is 13.5. The van der Waals surface area contributed by atoms with Crippen LogP contribution < -0.4 is 0 Å². The molecule has 0 saturated heterocycles. The topological polar surface area (TPSA) is 34.1 Å². The molecule has 88 valence electrons. The van der Waals surface area contributed by atoms with Crippen molar-refractivity contribution in [3.05, 3.63) is 34.8 Å². The summed E-state index contributed by atoms with van der Waals surface area (Å²) in [6.07, 6.45) is 0. The van der Waals surface area contributed by atoms with Gasteiger partial charge in [-0.3, -0.25) is 0 Å². The van der Waals surface area contributed by atoms with Crippen LogP contribution >= 0.6 is 15.9 Å². The van der Waals surface area contributed by atoms with E-state index in [0.717, 1.165) is 15.6 Å². The molecule has 0 fully saturated rings. The first-order chi connectivity index (χ1) is 7.25. The largest absolute Gasteiger partial charge is 0.223 e. The second-order valence-corrected chi connectivity index (χ2v) is 7.47. The third kappa shape index (κ3) is 2.74. The zero-order chi connectivity index (χ0) is 12.5. The molecule has 1 aromatic carbocycles. The van der Waals surface area contributed by atoms with Crippen LogP contribution in [-0.4, -0.2) is 13.7 Å². The van der Waals surface area contributed by atoms with E-state index in [1.54, 1.807) is 26.0 Å². The molecule has 1 rings (SSSR count). The molecule has 0 atom stereocenters. The van der Waals surface area contributed by atoms with Gasteiger partial charge in [0.2, 0.25) is 0 Å². The van der Waals surface area contributed by atoms with Gasteiger partial charge in [0, 0.05) is 4.47 Å². The molecule has 0 N–H and O–H groups in total. The second-order valence-electron chi connectivity index (χ2n) is 4.05. The van der Waals surface area contributed by atoms with Crippen LogP contribution in [0.15, 0.2) is 34.1 Å². The molecule has 0 bridgehead atoms. The van der Waals surface area contributed by atoms with Crippen molar-refractivity contribution in [1.29, 1.82) is 0 Å². The molecule has 0 saturated carbocycles. The van der Waals surface area contributed by atoms with Crippen LogP contribution in [0.1, 0.15) is 26.3 Å². The van der Waals surface area contributed by atoms with E-state index in [2.05, 4.69) is 22.5 Å². The Hall–Kier alpha value is -0.610. The van der Waals surface area contributed by atoms with Gasteiger partial charge in [0.05, 0.1) is 10.1 Å². The SMILES string of the molecule is C=C(C)c1cc(Br)cc(S(=O)(=O)C(C)C)c1. The van der Waals surface area contributed by atoms with E-state index < -0.39 is 15.1 Å². The maximum Gasteiger partial charge on any atom is 0.180 e. The maximum absolute atomic E-state index is 12.0. The summed E-state index contributed by atoms with van der Waals surface area (Å²) < 4.78 is 24.8. The Morgan fingerprint density at radius 3 is 2.31 bits per heavy atom. The summed E-state index contributed by atoms with van der Waals surface area (Å²) in [7, 11) is -3.23. The molecule has 16 heavy (non-hydrogen) atoms. The van der Waals surface area contributed by atoms with Gasteiger partial charge in [-0.25, -0.2) is 8.42 Å². The van der Waals surface area contributed by atoms with Crippen molar-refractivity contribution in [2.75, 3.05) is 0 Å². The molecule has 0 radical (unpaired) electrons. The minimum absolute atomic E-state index is 0.342. The summed E-state index contributed by atoms with van der Waals surface area (Å²) in [5.74, 6) is 0. The standard InChI is InChI=1S/C12H15BrO2S/c1-8(2)10-5-11(13)7-12(6-10)16(14,15)9(3)4/h5-7,9H,1H2,2-4H3. The Kier molecular flexibility index (Phi) is 3.97. The molecule has 0 aliphatic carbocycles. The lowest BCUT2D eigenvalue weighted by Crippen LogP contribution is -2.14. The van der Waals surface area contributed by atoms with Crippen molar-refractivity contribution >= 4 is 31.3 Å². The Balaban J connectivity index is 3.42. The third-order valence-corrected chi connectivity index (χ3v) is 4.91. The van der Waals surface area contributed by atoms with E-state index in [1.165, 1.54) is 0 Å². The van der Waals surface area contributed by atoms with Gasteiger partial charge in [-0.2, -0.15) is 0 Å². The zero-order valence-electron chi connectivity index (χ0n) is 9.62. The van der Waals surface area contributed by atoms with E-state index in [-0.39, 0.29) is 0 Å². The van der Waals surface area contributed by atoms with Crippen LogP contribution in [0.4, 0.5) is 0 Å². The van der Waals surface area contributed by atoms with Crippen molar-refractivity contribution in [3.8, 4) is 0 Å². The van der Waals surface area contributed by atoms with Gasteiger partial charge in [-0.05, 0) is 44.5 Å². The van der Waals surface area contributed by atoms with Crippen LogP contribution in [0.2, 0.25) is 0 Å². The molecule has 4 heteroatoms. The lowest BCUT2D eigenvalue weighted by Gasteiger charge is -2.10. The Bertz CT molecular complexity index is 516. The van der Waals surface area contributed by atoms with Crippen LogP contribution in [0.25, 0.3) is 5.57 Å². The molecular weight excluding hydrogens is 288 g/mol. The highest BCUT2D eigenvalue weighted by atomic mass is 79.9. The summed E-state index contributed by atoms with van der Waals surface area (Å²) in [5.41, 5.74) is 1.69. The first-order valence-corrected chi connectivity index (χ1v) is 7.29. The van der Waals surface area contributed by atoms with Crippen LogP contribution in [-0.2, 0) is 9.84 Å². The van der Waals surface area contributed by atoms with E-state index in [9.17, 15) is 8.42 Å². The van der Waals surface area contributed by atoms with Gasteiger partial charge in [0.15, 0.2) is 9.84 Å². The molecule has 0 spiro atoms. The summed E-state index contributed by atoms with van der Waals surface area (Å²) in [6, 6.07) is 5.16. The lowest BCUT2D eigenvalue weighted by molar-refractivity contribution is 0.587. The maximum atomic E-state index is 12.0. The summed E-state index contributed by atoms with van der Waals surface area (Å²) >= 11 is 3.32. The summed E-state index contributed by atoms with van der Waals surface area (Å²) in [5, 5.41) is -0.417. The van der Waals surface area contributed by atoms with E-state index in [4.69, 9.17) is 0 Å². The quantitative estimate of drug-likeness (QED) is 0.854. The molecule has 0 aromatic heterocycles. The number of hydrogen-bond donors (Lipinski definition) is 0. The van der Waals surface area contributed by atoms with Gasteiger partial charge in [-0.1, -0.05) is 28.1 Å². The fraction of sp³-hybridized carbons (Fsp3) is 0.333. The predicted octanol–water partition coefficient (Wildman–Crippen LogP) is 3.66. The lowest BCUT2D eigenvalue weighted by atomic mass is 10.1. The Morgan fingerprint density at radius 1 is 1.31 bits per heavy atom. The van der Waals surface area contributed by atoms with Crippen molar-refractivity contribution < 1.29 is 8.42 Å². The number of rotatable bonds is 3. The molecule has 0 unspecified atom stereocenters. The van der Waals surface area contributed by atoms with Crippen molar-refractivity contribution in [3.63, 3.8) is 0 Å². The summed E-state index contributed by atoms with van der Waals surface area (Å²) in [4.78, 5) is 0.342. The second kappa shape index (κ2) is 4.72. The predicted molar refractivity (Wildman–Crippen MR) is 71.2 cm³/mol. The highest BCUT2D eigenvalue weighted by Crippen LogP contribution is 2.25. The van der Waals surface area contributed by atoms with E-state index in [1.807, 2.05) is 13.0 Å². The fourth-order valence-corrected chi connectivity index (χ4v) is 3.02. The summed E-state index contributed by atoms with van der Waals surface area (Å²) in [6.45, 7) is 9.03. The normalized spacial score (nSPS) is 11.8. The third-order valence-electron chi connectivity index (χ3n) is 2.31.